The van der Waals surface area contributed by atoms with Gasteiger partial charge in [-0.25, -0.2) is 4.98 Å². The minimum absolute atomic E-state index is 0.124. The second kappa shape index (κ2) is 4.37. The highest BCUT2D eigenvalue weighted by Crippen LogP contribution is 2.32. The number of aromatic nitrogens is 3. The van der Waals surface area contributed by atoms with Gasteiger partial charge in [-0.1, -0.05) is 0 Å². The summed E-state index contributed by atoms with van der Waals surface area (Å²) >= 11 is 0.904. The highest BCUT2D eigenvalue weighted by atomic mass is 32.2. The van der Waals surface area contributed by atoms with Crippen LogP contribution in [0.2, 0.25) is 0 Å². The molecule has 2 rings (SSSR count). The molecule has 17 heavy (non-hydrogen) atoms. The third kappa shape index (κ3) is 2.50. The lowest BCUT2D eigenvalue weighted by molar-refractivity contribution is -0.388. The monoisotopic (exact) mass is 253 g/mol. The van der Waals surface area contributed by atoms with Gasteiger partial charge in [0.1, 0.15) is 5.82 Å². The first-order valence-corrected chi connectivity index (χ1v) is 5.27. The van der Waals surface area contributed by atoms with E-state index in [9.17, 15) is 10.1 Å². The molecule has 0 unspecified atom stereocenters. The van der Waals surface area contributed by atoms with Crippen LogP contribution in [0, 0.1) is 17.0 Å². The second-order valence-electron chi connectivity index (χ2n) is 3.01. The molecule has 0 amide bonds. The summed E-state index contributed by atoms with van der Waals surface area (Å²) in [5.41, 5.74) is 5.32. The van der Waals surface area contributed by atoms with Gasteiger partial charge < -0.3 is 10.2 Å². The zero-order valence-electron chi connectivity index (χ0n) is 8.65. The minimum atomic E-state index is -0.544. The van der Waals surface area contributed by atoms with Crippen molar-refractivity contribution in [3.63, 3.8) is 0 Å². The molecule has 2 N–H and O–H groups in total. The third-order valence-electron chi connectivity index (χ3n) is 1.75. The van der Waals surface area contributed by atoms with Crippen LogP contribution in [0.25, 0.3) is 0 Å². The molecule has 0 atom stereocenters. The second-order valence-corrected chi connectivity index (χ2v) is 3.95. The molecule has 9 heteroatoms. The smallest absolute Gasteiger partial charge is 0.302 e. The van der Waals surface area contributed by atoms with Crippen LogP contribution in [-0.4, -0.2) is 20.1 Å². The third-order valence-corrected chi connectivity index (χ3v) is 2.58. The van der Waals surface area contributed by atoms with E-state index in [1.54, 1.807) is 6.92 Å². The van der Waals surface area contributed by atoms with E-state index in [1.807, 2.05) is 0 Å². The van der Waals surface area contributed by atoms with E-state index in [4.69, 9.17) is 10.2 Å². The van der Waals surface area contributed by atoms with E-state index >= 15 is 0 Å². The summed E-state index contributed by atoms with van der Waals surface area (Å²) in [6.07, 6.45) is 0. The molecule has 2 aromatic heterocycles. The van der Waals surface area contributed by atoms with Crippen LogP contribution in [-0.2, 0) is 0 Å². The lowest BCUT2D eigenvalue weighted by atomic mass is 10.4. The van der Waals surface area contributed by atoms with Gasteiger partial charge in [0.2, 0.25) is 5.89 Å². The number of aryl methyl sites for hydroxylation is 1. The topological polar surface area (TPSA) is 121 Å². The Hall–Kier alpha value is -2.16. The van der Waals surface area contributed by atoms with Gasteiger partial charge in [0.25, 0.3) is 5.22 Å². The van der Waals surface area contributed by atoms with Gasteiger partial charge in [0.15, 0.2) is 5.03 Å². The predicted molar refractivity (Wildman–Crippen MR) is 58.5 cm³/mol. The number of nitrogens with zero attached hydrogens (tertiary/aromatic N) is 4. The fraction of sp³-hybridized carbons (Fsp3) is 0.125. The Kier molecular flexibility index (Phi) is 2.91. The van der Waals surface area contributed by atoms with E-state index in [-0.39, 0.29) is 21.8 Å². The van der Waals surface area contributed by atoms with Gasteiger partial charge in [-0.15, -0.1) is 10.2 Å². The van der Waals surface area contributed by atoms with Crippen LogP contribution < -0.4 is 5.73 Å². The number of pyridine rings is 1. The summed E-state index contributed by atoms with van der Waals surface area (Å²) in [7, 11) is 0. The van der Waals surface area contributed by atoms with Crippen molar-refractivity contribution in [2.45, 2.75) is 17.2 Å². The summed E-state index contributed by atoms with van der Waals surface area (Å²) < 4.78 is 5.10. The SMILES string of the molecule is Cc1nnc(Sc2nc(N)ccc2[N+](=O)[O-])o1. The molecule has 0 radical (unpaired) electrons. The molecular formula is C8H7N5O3S. The van der Waals surface area contributed by atoms with Crippen LogP contribution in [0.1, 0.15) is 5.89 Å². The Balaban J connectivity index is 2.37. The summed E-state index contributed by atoms with van der Waals surface area (Å²) in [6, 6.07) is 2.65. The molecule has 0 aliphatic carbocycles. The number of nitrogens with two attached hydrogens (primary N) is 1. The fourth-order valence-corrected chi connectivity index (χ4v) is 1.87. The Bertz CT molecular complexity index is 570. The van der Waals surface area contributed by atoms with E-state index in [0.29, 0.717) is 5.89 Å². The maximum absolute atomic E-state index is 10.8. The fourth-order valence-electron chi connectivity index (χ4n) is 1.06. The molecule has 0 bridgehead atoms. The molecule has 0 aromatic carbocycles. The van der Waals surface area contributed by atoms with Gasteiger partial charge in [-0.05, 0) is 17.8 Å². The highest BCUT2D eigenvalue weighted by Gasteiger charge is 2.19. The van der Waals surface area contributed by atoms with Gasteiger partial charge in [-0.2, -0.15) is 0 Å². The molecule has 0 aliphatic heterocycles. The Morgan fingerprint density at radius 3 is 2.82 bits per heavy atom. The predicted octanol–water partition coefficient (Wildman–Crippen LogP) is 1.41. The number of hydrogen-bond donors (Lipinski definition) is 1. The number of nitro groups is 1. The first-order chi connectivity index (χ1) is 8.06. The van der Waals surface area contributed by atoms with Crippen molar-refractivity contribution in [3.8, 4) is 0 Å². The van der Waals surface area contributed by atoms with Crippen molar-refractivity contribution in [3.05, 3.63) is 28.1 Å². The molecule has 0 fully saturated rings. The number of nitrogen functional groups attached to an aromatic ring is 1. The summed E-state index contributed by atoms with van der Waals surface area (Å²) in [6.45, 7) is 1.62. The average molecular weight is 253 g/mol. The van der Waals surface area contributed by atoms with Crippen LogP contribution in [0.5, 0.6) is 0 Å². The van der Waals surface area contributed by atoms with Crippen molar-refractivity contribution in [2.24, 2.45) is 0 Å². The van der Waals surface area contributed by atoms with Crippen molar-refractivity contribution >= 4 is 23.3 Å². The standard InChI is InChI=1S/C8H7N5O3S/c1-4-11-12-8(16-4)17-7-5(13(14)15)2-3-6(9)10-7/h2-3H,1H3,(H2,9,10). The number of rotatable bonds is 3. The van der Waals surface area contributed by atoms with Crippen molar-refractivity contribution < 1.29 is 9.34 Å². The number of anilines is 1. The van der Waals surface area contributed by atoms with Crippen molar-refractivity contribution in [1.29, 1.82) is 0 Å². The van der Waals surface area contributed by atoms with Crippen LogP contribution in [0.3, 0.4) is 0 Å². The van der Waals surface area contributed by atoms with Crippen molar-refractivity contribution in [1.82, 2.24) is 15.2 Å². The van der Waals surface area contributed by atoms with Crippen LogP contribution >= 0.6 is 11.8 Å². The van der Waals surface area contributed by atoms with Crippen LogP contribution in [0.15, 0.2) is 26.8 Å². The summed E-state index contributed by atoms with van der Waals surface area (Å²) in [5.74, 6) is 0.563. The first kappa shape index (κ1) is 11.3. The molecule has 0 saturated heterocycles. The zero-order chi connectivity index (χ0) is 12.4. The Morgan fingerprint density at radius 1 is 1.47 bits per heavy atom. The largest absolute Gasteiger partial charge is 0.416 e. The van der Waals surface area contributed by atoms with E-state index in [0.717, 1.165) is 11.8 Å². The Labute approximate surface area is 99.4 Å². The normalized spacial score (nSPS) is 10.4. The number of hydrogen-bond acceptors (Lipinski definition) is 8. The molecular weight excluding hydrogens is 246 g/mol. The molecule has 2 heterocycles. The van der Waals surface area contributed by atoms with E-state index < -0.39 is 4.92 Å². The quantitative estimate of drug-likeness (QED) is 0.643. The van der Waals surface area contributed by atoms with Crippen molar-refractivity contribution in [2.75, 3.05) is 5.73 Å². The van der Waals surface area contributed by atoms with Gasteiger partial charge in [-0.3, -0.25) is 10.1 Å². The van der Waals surface area contributed by atoms with Crippen LogP contribution in [0.4, 0.5) is 11.5 Å². The molecule has 2 aromatic rings. The van der Waals surface area contributed by atoms with Gasteiger partial charge in [0, 0.05) is 13.0 Å². The summed E-state index contributed by atoms with van der Waals surface area (Å²) in [4.78, 5) is 14.1. The molecule has 0 spiro atoms. The summed E-state index contributed by atoms with van der Waals surface area (Å²) in [5, 5.41) is 18.4. The van der Waals surface area contributed by atoms with Gasteiger partial charge in [0.05, 0.1) is 4.92 Å². The molecule has 8 nitrogen and oxygen atoms in total. The molecule has 0 aliphatic rings. The van der Waals surface area contributed by atoms with E-state index in [1.165, 1.54) is 12.1 Å². The first-order valence-electron chi connectivity index (χ1n) is 4.45. The zero-order valence-corrected chi connectivity index (χ0v) is 9.47. The maximum Gasteiger partial charge on any atom is 0.302 e. The highest BCUT2D eigenvalue weighted by molar-refractivity contribution is 7.99. The molecule has 88 valence electrons. The van der Waals surface area contributed by atoms with E-state index in [2.05, 4.69) is 15.2 Å². The molecule has 0 saturated carbocycles. The van der Waals surface area contributed by atoms with Gasteiger partial charge >= 0.3 is 5.69 Å². The lowest BCUT2D eigenvalue weighted by Crippen LogP contribution is -1.97. The lowest BCUT2D eigenvalue weighted by Gasteiger charge is -1.99. The minimum Gasteiger partial charge on any atom is -0.416 e. The Morgan fingerprint density at radius 2 is 2.24 bits per heavy atom. The maximum atomic E-state index is 10.8. The average Bonchev–Trinajstić information content (AvgIpc) is 2.63.